The average molecular weight is 294 g/mol. The second-order valence-electron chi connectivity index (χ2n) is 5.53. The number of carbonyl (C=O) groups is 3. The predicted octanol–water partition coefficient (Wildman–Crippen LogP) is 1.75. The van der Waals surface area contributed by atoms with Crippen LogP contribution in [0.5, 0.6) is 0 Å². The molecule has 2 rings (SSSR count). The van der Waals surface area contributed by atoms with E-state index in [1.165, 1.54) is 0 Å². The molecule has 1 aliphatic carbocycles. The Balaban J connectivity index is 1.87. The number of nitrogens with one attached hydrogen (secondary N) is 1. The van der Waals surface area contributed by atoms with Gasteiger partial charge in [-0.1, -0.05) is 31.4 Å². The average Bonchev–Trinajstić information content (AvgIpc) is 2.69. The van der Waals surface area contributed by atoms with E-state index in [1.54, 1.807) is 12.2 Å². The minimum absolute atomic E-state index is 0.0345. The van der Waals surface area contributed by atoms with E-state index in [4.69, 9.17) is 4.74 Å². The molecule has 0 aromatic heterocycles. The molecule has 6 heteroatoms. The molecule has 1 saturated carbocycles. The summed E-state index contributed by atoms with van der Waals surface area (Å²) in [6.45, 7) is 2.14. The van der Waals surface area contributed by atoms with Gasteiger partial charge in [0.1, 0.15) is 12.1 Å². The van der Waals surface area contributed by atoms with E-state index < -0.39 is 11.5 Å². The predicted molar refractivity (Wildman–Crippen MR) is 76.5 cm³/mol. The molecular weight excluding hydrogens is 272 g/mol. The van der Waals surface area contributed by atoms with Gasteiger partial charge in [-0.2, -0.15) is 0 Å². The molecule has 0 radical (unpaired) electrons. The van der Waals surface area contributed by atoms with Crippen molar-refractivity contribution in [2.45, 2.75) is 51.0 Å². The highest BCUT2D eigenvalue weighted by atomic mass is 16.5. The summed E-state index contributed by atoms with van der Waals surface area (Å²) in [4.78, 5) is 37.1. The number of nitrogens with zero attached hydrogens (tertiary/aromatic N) is 1. The van der Waals surface area contributed by atoms with Crippen molar-refractivity contribution in [2.75, 3.05) is 13.2 Å². The maximum atomic E-state index is 12.4. The lowest BCUT2D eigenvalue weighted by atomic mass is 9.82. The molecule has 1 spiro atoms. The van der Waals surface area contributed by atoms with E-state index >= 15 is 0 Å². The molecule has 1 N–H and O–H groups in total. The van der Waals surface area contributed by atoms with Crippen LogP contribution in [0.3, 0.4) is 0 Å². The van der Waals surface area contributed by atoms with Crippen LogP contribution >= 0.6 is 0 Å². The Kier molecular flexibility index (Phi) is 4.98. The Bertz CT molecular complexity index is 453. The van der Waals surface area contributed by atoms with Gasteiger partial charge in [-0.05, 0) is 19.8 Å². The van der Waals surface area contributed by atoms with Crippen LogP contribution < -0.4 is 5.32 Å². The number of esters is 1. The van der Waals surface area contributed by atoms with Gasteiger partial charge in [0.05, 0.1) is 6.42 Å². The van der Waals surface area contributed by atoms with Crippen molar-refractivity contribution in [1.29, 1.82) is 0 Å². The molecular formula is C15H22N2O4. The number of amides is 3. The molecule has 0 unspecified atom stereocenters. The molecule has 2 fully saturated rings. The first-order valence-corrected chi connectivity index (χ1v) is 7.50. The van der Waals surface area contributed by atoms with Crippen LogP contribution in [0.4, 0.5) is 4.79 Å². The Morgan fingerprint density at radius 2 is 2.05 bits per heavy atom. The first-order valence-electron chi connectivity index (χ1n) is 7.50. The van der Waals surface area contributed by atoms with Crippen molar-refractivity contribution in [3.63, 3.8) is 0 Å². The SMILES string of the molecule is C/C=C/COC(=O)CCN1C(=O)NC2(CCCCC2)C1=O. The fraction of sp³-hybridized carbons (Fsp3) is 0.667. The van der Waals surface area contributed by atoms with Crippen LogP contribution in [-0.4, -0.2) is 41.5 Å². The number of rotatable bonds is 5. The Hall–Kier alpha value is -1.85. The molecule has 3 amide bonds. The first kappa shape index (κ1) is 15.5. The third kappa shape index (κ3) is 3.43. The van der Waals surface area contributed by atoms with Gasteiger partial charge < -0.3 is 10.1 Å². The maximum Gasteiger partial charge on any atom is 0.325 e. The summed E-state index contributed by atoms with van der Waals surface area (Å²) in [5.41, 5.74) is -0.718. The lowest BCUT2D eigenvalue weighted by Crippen LogP contribution is -2.48. The van der Waals surface area contributed by atoms with Gasteiger partial charge in [0.15, 0.2) is 0 Å². The van der Waals surface area contributed by atoms with E-state index in [9.17, 15) is 14.4 Å². The fourth-order valence-corrected chi connectivity index (χ4v) is 2.89. The van der Waals surface area contributed by atoms with Crippen molar-refractivity contribution in [3.05, 3.63) is 12.2 Å². The monoisotopic (exact) mass is 294 g/mol. The van der Waals surface area contributed by atoms with Crippen LogP contribution in [0.15, 0.2) is 12.2 Å². The van der Waals surface area contributed by atoms with Gasteiger partial charge in [-0.25, -0.2) is 4.79 Å². The summed E-state index contributed by atoms with van der Waals surface area (Å²) >= 11 is 0. The van der Waals surface area contributed by atoms with E-state index in [1.807, 2.05) is 6.92 Å². The van der Waals surface area contributed by atoms with Gasteiger partial charge in [0.2, 0.25) is 0 Å². The molecule has 6 nitrogen and oxygen atoms in total. The number of urea groups is 1. The minimum atomic E-state index is -0.718. The van der Waals surface area contributed by atoms with E-state index in [0.717, 1.165) is 24.2 Å². The lowest BCUT2D eigenvalue weighted by molar-refractivity contribution is -0.143. The van der Waals surface area contributed by atoms with Crippen molar-refractivity contribution >= 4 is 17.9 Å². The smallest absolute Gasteiger partial charge is 0.325 e. The molecule has 21 heavy (non-hydrogen) atoms. The molecule has 0 aromatic carbocycles. The highest BCUT2D eigenvalue weighted by molar-refractivity contribution is 6.07. The normalized spacial score (nSPS) is 21.1. The molecule has 116 valence electrons. The summed E-state index contributed by atoms with van der Waals surface area (Å²) in [6, 6.07) is -0.386. The minimum Gasteiger partial charge on any atom is -0.461 e. The molecule has 0 aromatic rings. The Labute approximate surface area is 124 Å². The number of carbonyl (C=O) groups excluding carboxylic acids is 3. The Morgan fingerprint density at radius 1 is 1.33 bits per heavy atom. The largest absolute Gasteiger partial charge is 0.461 e. The Morgan fingerprint density at radius 3 is 2.71 bits per heavy atom. The van der Waals surface area contributed by atoms with E-state index in [2.05, 4.69) is 5.32 Å². The molecule has 1 heterocycles. The maximum absolute atomic E-state index is 12.4. The third-order valence-electron chi connectivity index (χ3n) is 4.07. The zero-order valence-electron chi connectivity index (χ0n) is 12.4. The molecule has 1 aliphatic heterocycles. The third-order valence-corrected chi connectivity index (χ3v) is 4.07. The van der Waals surface area contributed by atoms with Gasteiger partial charge in [0, 0.05) is 6.54 Å². The number of allylic oxidation sites excluding steroid dienone is 1. The molecule has 0 atom stereocenters. The first-order chi connectivity index (χ1) is 10.1. The quantitative estimate of drug-likeness (QED) is 0.476. The summed E-state index contributed by atoms with van der Waals surface area (Å²) in [5, 5.41) is 2.82. The van der Waals surface area contributed by atoms with Gasteiger partial charge in [-0.15, -0.1) is 0 Å². The zero-order chi connectivity index (χ0) is 15.3. The van der Waals surface area contributed by atoms with Crippen molar-refractivity contribution < 1.29 is 19.1 Å². The molecule has 0 bridgehead atoms. The van der Waals surface area contributed by atoms with Crippen LogP contribution in [0.25, 0.3) is 0 Å². The van der Waals surface area contributed by atoms with Crippen molar-refractivity contribution in [1.82, 2.24) is 10.2 Å². The highest BCUT2D eigenvalue weighted by Crippen LogP contribution is 2.33. The summed E-state index contributed by atoms with van der Waals surface area (Å²) in [5.74, 6) is -0.591. The van der Waals surface area contributed by atoms with Crippen molar-refractivity contribution in [2.24, 2.45) is 0 Å². The highest BCUT2D eigenvalue weighted by Gasteiger charge is 2.51. The number of ether oxygens (including phenoxy) is 1. The molecule has 1 saturated heterocycles. The van der Waals surface area contributed by atoms with Crippen LogP contribution in [-0.2, 0) is 14.3 Å². The lowest BCUT2D eigenvalue weighted by Gasteiger charge is -2.30. The van der Waals surface area contributed by atoms with E-state index in [-0.39, 0.29) is 31.5 Å². The second-order valence-corrected chi connectivity index (χ2v) is 5.53. The second kappa shape index (κ2) is 6.74. The van der Waals surface area contributed by atoms with Crippen LogP contribution in [0.2, 0.25) is 0 Å². The molecule has 2 aliphatic rings. The van der Waals surface area contributed by atoms with Gasteiger partial charge in [0.25, 0.3) is 5.91 Å². The summed E-state index contributed by atoms with van der Waals surface area (Å²) < 4.78 is 4.95. The number of hydrogen-bond acceptors (Lipinski definition) is 4. The number of imide groups is 1. The number of hydrogen-bond donors (Lipinski definition) is 1. The van der Waals surface area contributed by atoms with Crippen molar-refractivity contribution in [3.8, 4) is 0 Å². The van der Waals surface area contributed by atoms with Gasteiger partial charge >= 0.3 is 12.0 Å². The van der Waals surface area contributed by atoms with Crippen LogP contribution in [0.1, 0.15) is 45.4 Å². The summed E-state index contributed by atoms with van der Waals surface area (Å²) in [6.07, 6.45) is 7.94. The van der Waals surface area contributed by atoms with Gasteiger partial charge in [-0.3, -0.25) is 14.5 Å². The zero-order valence-corrected chi connectivity index (χ0v) is 12.4. The standard InChI is InChI=1S/C15H22N2O4/c1-2-3-11-21-12(18)7-10-17-13(19)15(16-14(17)20)8-5-4-6-9-15/h2-3H,4-11H2,1H3,(H,16,20)/b3-2+. The summed E-state index contributed by atoms with van der Waals surface area (Å²) in [7, 11) is 0. The van der Waals surface area contributed by atoms with E-state index in [0.29, 0.717) is 12.8 Å². The topological polar surface area (TPSA) is 75.7 Å². The van der Waals surface area contributed by atoms with Crippen LogP contribution in [0, 0.1) is 0 Å². The fourth-order valence-electron chi connectivity index (χ4n) is 2.89.